The van der Waals surface area contributed by atoms with E-state index < -0.39 is 5.60 Å². The predicted octanol–water partition coefficient (Wildman–Crippen LogP) is 3.63. The molecule has 1 heteroatoms. The highest BCUT2D eigenvalue weighted by Gasteiger charge is 2.40. The quantitative estimate of drug-likeness (QED) is 0.655. The summed E-state index contributed by atoms with van der Waals surface area (Å²) in [5, 5.41) is 10.5. The van der Waals surface area contributed by atoms with Gasteiger partial charge in [0.15, 0.2) is 0 Å². The molecular weight excluding hydrogens is 184 g/mol. The van der Waals surface area contributed by atoms with E-state index >= 15 is 0 Å². The number of hydrogen-bond donors (Lipinski definition) is 1. The summed E-state index contributed by atoms with van der Waals surface area (Å²) in [7, 11) is 0. The van der Waals surface area contributed by atoms with Crippen LogP contribution in [0.5, 0.6) is 0 Å². The third kappa shape index (κ3) is 2.84. The van der Waals surface area contributed by atoms with Crippen LogP contribution in [0, 0.1) is 23.2 Å². The summed E-state index contributed by atoms with van der Waals surface area (Å²) in [6.07, 6.45) is 5.45. The fourth-order valence-electron chi connectivity index (χ4n) is 2.89. The molecule has 1 nitrogen and oxygen atoms in total. The molecule has 0 fully saturated rings. The summed E-state index contributed by atoms with van der Waals surface area (Å²) in [5.74, 6) is 1.41. The lowest BCUT2D eigenvalue weighted by molar-refractivity contribution is -0.0383. The zero-order valence-corrected chi connectivity index (χ0v) is 11.0. The molecule has 0 aromatic heterocycles. The van der Waals surface area contributed by atoms with Crippen LogP contribution in [0.1, 0.15) is 48.0 Å². The summed E-state index contributed by atoms with van der Waals surface area (Å²) in [4.78, 5) is 0. The summed E-state index contributed by atoms with van der Waals surface area (Å²) >= 11 is 0. The van der Waals surface area contributed by atoms with Gasteiger partial charge in [0.2, 0.25) is 0 Å². The minimum Gasteiger partial charge on any atom is -0.390 e. The fourth-order valence-corrected chi connectivity index (χ4v) is 2.89. The number of rotatable bonds is 1. The van der Waals surface area contributed by atoms with Gasteiger partial charge in [-0.1, -0.05) is 46.8 Å². The molecule has 0 amide bonds. The average molecular weight is 210 g/mol. The minimum absolute atomic E-state index is 0.113. The van der Waals surface area contributed by atoms with Crippen molar-refractivity contribution in [1.29, 1.82) is 0 Å². The van der Waals surface area contributed by atoms with Crippen molar-refractivity contribution in [2.24, 2.45) is 23.2 Å². The van der Waals surface area contributed by atoms with Crippen molar-refractivity contribution in [2.45, 2.75) is 53.6 Å². The minimum atomic E-state index is -0.554. The van der Waals surface area contributed by atoms with Crippen LogP contribution in [0.25, 0.3) is 0 Å². The van der Waals surface area contributed by atoms with E-state index in [2.05, 4.69) is 46.8 Å². The van der Waals surface area contributed by atoms with Gasteiger partial charge in [-0.25, -0.2) is 0 Å². The van der Waals surface area contributed by atoms with E-state index in [1.165, 1.54) is 0 Å². The van der Waals surface area contributed by atoms with Crippen LogP contribution in [0.4, 0.5) is 0 Å². The summed E-state index contributed by atoms with van der Waals surface area (Å²) in [6.45, 7) is 13.0. The van der Waals surface area contributed by atoms with Gasteiger partial charge < -0.3 is 5.11 Å². The molecule has 1 aliphatic carbocycles. The van der Waals surface area contributed by atoms with Crippen molar-refractivity contribution in [3.8, 4) is 0 Å². The zero-order chi connectivity index (χ0) is 11.9. The smallest absolute Gasteiger partial charge is 0.0658 e. The third-order valence-corrected chi connectivity index (χ3v) is 3.91. The van der Waals surface area contributed by atoms with Crippen molar-refractivity contribution in [3.05, 3.63) is 12.2 Å². The first-order chi connectivity index (χ1) is 6.66. The molecule has 15 heavy (non-hydrogen) atoms. The van der Waals surface area contributed by atoms with Crippen LogP contribution in [0.3, 0.4) is 0 Å². The molecule has 0 aliphatic heterocycles. The van der Waals surface area contributed by atoms with Gasteiger partial charge in [-0.15, -0.1) is 0 Å². The molecule has 0 heterocycles. The number of hydrogen-bond acceptors (Lipinski definition) is 1. The molecule has 0 bridgehead atoms. The van der Waals surface area contributed by atoms with Crippen LogP contribution < -0.4 is 0 Å². The highest BCUT2D eigenvalue weighted by molar-refractivity contribution is 5.08. The Morgan fingerprint density at radius 3 is 2.27 bits per heavy atom. The normalized spacial score (nSPS) is 40.5. The Hall–Kier alpha value is -0.300. The van der Waals surface area contributed by atoms with Crippen LogP contribution in [0.15, 0.2) is 12.2 Å². The van der Waals surface area contributed by atoms with Gasteiger partial charge >= 0.3 is 0 Å². The highest BCUT2D eigenvalue weighted by atomic mass is 16.3. The lowest BCUT2D eigenvalue weighted by Gasteiger charge is -2.37. The Balaban J connectivity index is 3.02. The van der Waals surface area contributed by atoms with E-state index in [0.717, 1.165) is 6.42 Å². The molecule has 0 saturated carbocycles. The molecule has 0 radical (unpaired) electrons. The molecule has 0 aromatic rings. The monoisotopic (exact) mass is 210 g/mol. The van der Waals surface area contributed by atoms with Gasteiger partial charge in [-0.2, -0.15) is 0 Å². The largest absolute Gasteiger partial charge is 0.390 e. The van der Waals surface area contributed by atoms with E-state index in [1.807, 2.05) is 6.92 Å². The van der Waals surface area contributed by atoms with Crippen LogP contribution in [-0.4, -0.2) is 10.7 Å². The Kier molecular flexibility index (Phi) is 3.35. The van der Waals surface area contributed by atoms with E-state index in [4.69, 9.17) is 0 Å². The third-order valence-electron chi connectivity index (χ3n) is 3.91. The van der Waals surface area contributed by atoms with Crippen molar-refractivity contribution in [1.82, 2.24) is 0 Å². The van der Waals surface area contributed by atoms with Gasteiger partial charge in [0, 0.05) is 0 Å². The molecule has 1 rings (SSSR count). The van der Waals surface area contributed by atoms with Gasteiger partial charge in [0.25, 0.3) is 0 Å². The highest BCUT2D eigenvalue weighted by Crippen LogP contribution is 2.42. The lowest BCUT2D eigenvalue weighted by atomic mass is 9.72. The Bertz CT molecular complexity index is 248. The Morgan fingerprint density at radius 2 is 1.80 bits per heavy atom. The van der Waals surface area contributed by atoms with Crippen molar-refractivity contribution >= 4 is 0 Å². The van der Waals surface area contributed by atoms with Gasteiger partial charge in [-0.3, -0.25) is 0 Å². The SMILES string of the molecule is CC(C)C1C=CC(C)(C)CC(C)(O)C1C. The molecule has 3 atom stereocenters. The molecule has 1 aliphatic rings. The van der Waals surface area contributed by atoms with E-state index in [0.29, 0.717) is 17.8 Å². The lowest BCUT2D eigenvalue weighted by Crippen LogP contribution is -2.39. The van der Waals surface area contributed by atoms with Crippen molar-refractivity contribution in [3.63, 3.8) is 0 Å². The molecule has 0 saturated heterocycles. The van der Waals surface area contributed by atoms with Gasteiger partial charge in [-0.05, 0) is 36.5 Å². The van der Waals surface area contributed by atoms with Crippen LogP contribution in [0.2, 0.25) is 0 Å². The second kappa shape index (κ2) is 3.93. The molecular formula is C14H26O. The average Bonchev–Trinajstić information content (AvgIpc) is 2.07. The Labute approximate surface area is 94.6 Å². The first kappa shape index (κ1) is 12.8. The molecule has 3 unspecified atom stereocenters. The van der Waals surface area contributed by atoms with Gasteiger partial charge in [0.1, 0.15) is 0 Å². The first-order valence-electron chi connectivity index (χ1n) is 6.07. The number of allylic oxidation sites excluding steroid dienone is 2. The van der Waals surface area contributed by atoms with Crippen LogP contribution >= 0.6 is 0 Å². The topological polar surface area (TPSA) is 20.2 Å². The fraction of sp³-hybridized carbons (Fsp3) is 0.857. The van der Waals surface area contributed by atoms with Crippen molar-refractivity contribution in [2.75, 3.05) is 0 Å². The zero-order valence-electron chi connectivity index (χ0n) is 11.0. The second-order valence-corrected chi connectivity index (χ2v) is 6.49. The molecule has 0 aromatic carbocycles. The van der Waals surface area contributed by atoms with E-state index in [9.17, 15) is 5.11 Å². The van der Waals surface area contributed by atoms with Crippen LogP contribution in [-0.2, 0) is 0 Å². The standard InChI is InChI=1S/C14H26O/c1-10(2)12-7-8-13(4,5)9-14(6,15)11(12)3/h7-8,10-12,15H,9H2,1-6H3. The van der Waals surface area contributed by atoms with E-state index in [1.54, 1.807) is 0 Å². The molecule has 88 valence electrons. The second-order valence-electron chi connectivity index (χ2n) is 6.49. The maximum absolute atomic E-state index is 10.5. The molecule has 0 spiro atoms. The summed E-state index contributed by atoms with van der Waals surface area (Å²) in [6, 6.07) is 0. The maximum Gasteiger partial charge on any atom is 0.0658 e. The molecule has 1 N–H and O–H groups in total. The van der Waals surface area contributed by atoms with Crippen molar-refractivity contribution < 1.29 is 5.11 Å². The first-order valence-corrected chi connectivity index (χ1v) is 6.07. The van der Waals surface area contributed by atoms with E-state index in [-0.39, 0.29) is 5.41 Å². The predicted molar refractivity (Wildman–Crippen MR) is 65.7 cm³/mol. The summed E-state index contributed by atoms with van der Waals surface area (Å²) < 4.78 is 0. The summed E-state index contributed by atoms with van der Waals surface area (Å²) in [5.41, 5.74) is -0.441. The number of aliphatic hydroxyl groups is 1. The Morgan fingerprint density at radius 1 is 1.27 bits per heavy atom. The maximum atomic E-state index is 10.5. The van der Waals surface area contributed by atoms with Gasteiger partial charge in [0.05, 0.1) is 5.60 Å².